The van der Waals surface area contributed by atoms with Crippen LogP contribution in [-0.4, -0.2) is 31.1 Å². The molecule has 2 aromatic rings. The van der Waals surface area contributed by atoms with Crippen LogP contribution in [0.4, 0.5) is 11.5 Å². The first-order chi connectivity index (χ1) is 12.6. The van der Waals surface area contributed by atoms with Crippen molar-refractivity contribution < 1.29 is 9.53 Å². The summed E-state index contributed by atoms with van der Waals surface area (Å²) in [5, 5.41) is 2.95. The number of hydrogen-bond acceptors (Lipinski definition) is 4. The highest BCUT2D eigenvalue weighted by atomic mass is 16.5. The van der Waals surface area contributed by atoms with Crippen molar-refractivity contribution in [3.8, 4) is 5.75 Å². The number of rotatable bonds is 2. The molecule has 26 heavy (non-hydrogen) atoms. The average Bonchev–Trinajstić information content (AvgIpc) is 2.96. The molecule has 2 aliphatic heterocycles. The van der Waals surface area contributed by atoms with Gasteiger partial charge in [0.2, 0.25) is 5.91 Å². The van der Waals surface area contributed by atoms with Crippen molar-refractivity contribution in [2.45, 2.75) is 39.0 Å². The van der Waals surface area contributed by atoms with E-state index in [0.29, 0.717) is 0 Å². The lowest BCUT2D eigenvalue weighted by Crippen LogP contribution is -2.46. The maximum atomic E-state index is 12.6. The number of carbonyl (C=O) groups is 1. The predicted molar refractivity (Wildman–Crippen MR) is 105 cm³/mol. The molecule has 1 spiro atoms. The zero-order chi connectivity index (χ0) is 18.7. The maximum Gasteiger partial charge on any atom is 0.236 e. The minimum absolute atomic E-state index is 0.0948. The lowest BCUT2D eigenvalue weighted by atomic mass is 9.74. The summed E-state index contributed by atoms with van der Waals surface area (Å²) >= 11 is 0. The molecule has 2 aliphatic rings. The minimum atomic E-state index is -0.422. The Morgan fingerprint density at radius 2 is 1.92 bits per heavy atom. The number of anilines is 2. The van der Waals surface area contributed by atoms with E-state index in [2.05, 4.69) is 33.4 Å². The Kier molecular flexibility index (Phi) is 5.16. The molecule has 0 radical (unpaired) electrons. The first-order valence-corrected chi connectivity index (χ1v) is 9.30. The van der Waals surface area contributed by atoms with Crippen molar-refractivity contribution in [3.63, 3.8) is 0 Å². The normalized spacial score (nSPS) is 17.2. The van der Waals surface area contributed by atoms with Crippen LogP contribution in [0.5, 0.6) is 5.75 Å². The third kappa shape index (κ3) is 2.91. The number of benzene rings is 1. The van der Waals surface area contributed by atoms with Crippen LogP contribution in [0, 0.1) is 6.92 Å². The molecule has 5 nitrogen and oxygen atoms in total. The smallest absolute Gasteiger partial charge is 0.236 e. The van der Waals surface area contributed by atoms with Gasteiger partial charge in [0, 0.05) is 36.6 Å². The highest BCUT2D eigenvalue weighted by Gasteiger charge is 2.48. The Morgan fingerprint density at radius 1 is 1.19 bits per heavy atom. The molecule has 0 saturated carbocycles. The molecule has 1 fully saturated rings. The Balaban J connectivity index is 0.000000948. The average molecular weight is 353 g/mol. The van der Waals surface area contributed by atoms with Gasteiger partial charge in [0.1, 0.15) is 11.6 Å². The highest BCUT2D eigenvalue weighted by molar-refractivity contribution is 6.05. The topological polar surface area (TPSA) is 54.5 Å². The summed E-state index contributed by atoms with van der Waals surface area (Å²) in [5.41, 5.74) is 2.91. The molecule has 1 N–H and O–H groups in total. The van der Waals surface area contributed by atoms with Gasteiger partial charge >= 0.3 is 0 Å². The van der Waals surface area contributed by atoms with Gasteiger partial charge in [-0.1, -0.05) is 26.0 Å². The van der Waals surface area contributed by atoms with Gasteiger partial charge in [0.25, 0.3) is 0 Å². The molecule has 1 amide bonds. The Hall–Kier alpha value is -2.56. The molecule has 1 aromatic heterocycles. The third-order valence-electron chi connectivity index (χ3n) is 5.36. The zero-order valence-electron chi connectivity index (χ0n) is 16.0. The summed E-state index contributed by atoms with van der Waals surface area (Å²) in [6.45, 7) is 7.72. The molecule has 5 heteroatoms. The number of ether oxygens (including phenoxy) is 1. The number of nitrogens with one attached hydrogen (secondary N) is 1. The first kappa shape index (κ1) is 18.2. The van der Waals surface area contributed by atoms with Crippen molar-refractivity contribution in [1.82, 2.24) is 4.98 Å². The van der Waals surface area contributed by atoms with Crippen molar-refractivity contribution >= 4 is 17.4 Å². The molecule has 4 rings (SSSR count). The summed E-state index contributed by atoms with van der Waals surface area (Å²) in [5.74, 6) is 1.73. The van der Waals surface area contributed by atoms with E-state index >= 15 is 0 Å². The fraction of sp³-hybridized carbons (Fsp3) is 0.429. The van der Waals surface area contributed by atoms with Crippen LogP contribution in [0.15, 0.2) is 36.5 Å². The Morgan fingerprint density at radius 3 is 2.62 bits per heavy atom. The number of aromatic nitrogens is 1. The van der Waals surface area contributed by atoms with Crippen LogP contribution in [0.3, 0.4) is 0 Å². The number of pyridine rings is 1. The van der Waals surface area contributed by atoms with Crippen LogP contribution < -0.4 is 15.0 Å². The standard InChI is InChI=1S/C19H21N3O2.C2H6/c1-13-5-6-14(12-16(13)24-2)22-10-7-19(8-11-22)15-4-3-9-20-17(15)21-18(19)23;1-2/h3-6,9,12H,7-8,10-11H2,1-2H3,(H,20,21,23);1-2H3. The largest absolute Gasteiger partial charge is 0.496 e. The van der Waals surface area contributed by atoms with Crippen molar-refractivity contribution in [2.24, 2.45) is 0 Å². The van der Waals surface area contributed by atoms with E-state index in [9.17, 15) is 4.79 Å². The second-order valence-corrected chi connectivity index (χ2v) is 6.58. The fourth-order valence-electron chi connectivity index (χ4n) is 3.89. The van der Waals surface area contributed by atoms with E-state index in [1.165, 1.54) is 0 Å². The molecule has 0 aliphatic carbocycles. The molecular formula is C21H27N3O2. The fourth-order valence-corrected chi connectivity index (χ4v) is 3.89. The lowest BCUT2D eigenvalue weighted by Gasteiger charge is -2.39. The number of nitrogens with zero attached hydrogens (tertiary/aromatic N) is 2. The second kappa shape index (κ2) is 7.36. The van der Waals surface area contributed by atoms with E-state index in [1.54, 1.807) is 13.3 Å². The van der Waals surface area contributed by atoms with Gasteiger partial charge in [-0.05, 0) is 37.5 Å². The van der Waals surface area contributed by atoms with E-state index < -0.39 is 5.41 Å². The number of carbonyl (C=O) groups excluding carboxylic acids is 1. The first-order valence-electron chi connectivity index (χ1n) is 9.30. The number of methoxy groups -OCH3 is 1. The van der Waals surface area contributed by atoms with Crippen LogP contribution in [0.1, 0.15) is 37.8 Å². The van der Waals surface area contributed by atoms with Gasteiger partial charge in [-0.25, -0.2) is 4.98 Å². The molecule has 0 unspecified atom stereocenters. The van der Waals surface area contributed by atoms with Gasteiger partial charge in [0.15, 0.2) is 0 Å². The summed E-state index contributed by atoms with van der Waals surface area (Å²) < 4.78 is 5.43. The van der Waals surface area contributed by atoms with Crippen LogP contribution >= 0.6 is 0 Å². The number of piperidine rings is 1. The van der Waals surface area contributed by atoms with E-state index in [-0.39, 0.29) is 5.91 Å². The summed E-state index contributed by atoms with van der Waals surface area (Å²) in [6.07, 6.45) is 3.33. The van der Waals surface area contributed by atoms with E-state index in [4.69, 9.17) is 4.74 Å². The molecule has 138 valence electrons. The van der Waals surface area contributed by atoms with E-state index in [0.717, 1.165) is 54.3 Å². The zero-order valence-corrected chi connectivity index (χ0v) is 16.0. The minimum Gasteiger partial charge on any atom is -0.496 e. The quantitative estimate of drug-likeness (QED) is 0.889. The monoisotopic (exact) mass is 353 g/mol. The van der Waals surface area contributed by atoms with Gasteiger partial charge in [-0.15, -0.1) is 0 Å². The lowest BCUT2D eigenvalue weighted by molar-refractivity contribution is -0.121. The van der Waals surface area contributed by atoms with Crippen LogP contribution in [-0.2, 0) is 10.2 Å². The van der Waals surface area contributed by atoms with Crippen LogP contribution in [0.25, 0.3) is 0 Å². The van der Waals surface area contributed by atoms with Gasteiger partial charge in [-0.2, -0.15) is 0 Å². The molecule has 3 heterocycles. The van der Waals surface area contributed by atoms with Gasteiger partial charge in [-0.3, -0.25) is 4.79 Å². The van der Waals surface area contributed by atoms with Gasteiger partial charge in [0.05, 0.1) is 12.5 Å². The number of amides is 1. The van der Waals surface area contributed by atoms with E-state index in [1.807, 2.05) is 32.9 Å². The summed E-state index contributed by atoms with van der Waals surface area (Å²) in [4.78, 5) is 19.2. The molecule has 0 bridgehead atoms. The Bertz CT molecular complexity index is 796. The summed E-state index contributed by atoms with van der Waals surface area (Å²) in [6, 6.07) is 10.2. The third-order valence-corrected chi connectivity index (χ3v) is 5.36. The second-order valence-electron chi connectivity index (χ2n) is 6.58. The number of aryl methyl sites for hydroxylation is 1. The highest BCUT2D eigenvalue weighted by Crippen LogP contribution is 2.44. The molecule has 1 saturated heterocycles. The predicted octanol–water partition coefficient (Wildman–Crippen LogP) is 3.92. The number of hydrogen-bond donors (Lipinski definition) is 1. The SMILES string of the molecule is CC.COc1cc(N2CCC3(CC2)C(=O)Nc2ncccc23)ccc1C. The van der Waals surface area contributed by atoms with Crippen LogP contribution in [0.2, 0.25) is 0 Å². The Labute approximate surface area is 155 Å². The van der Waals surface area contributed by atoms with Gasteiger partial charge < -0.3 is 15.0 Å². The number of fused-ring (bicyclic) bond motifs is 2. The summed E-state index contributed by atoms with van der Waals surface area (Å²) in [7, 11) is 1.70. The molecule has 0 atom stereocenters. The van der Waals surface area contributed by atoms with Crippen molar-refractivity contribution in [1.29, 1.82) is 0 Å². The maximum absolute atomic E-state index is 12.6. The molecule has 1 aromatic carbocycles. The van der Waals surface area contributed by atoms with Crippen molar-refractivity contribution in [3.05, 3.63) is 47.7 Å². The van der Waals surface area contributed by atoms with Crippen molar-refractivity contribution in [2.75, 3.05) is 30.4 Å². The molecular weight excluding hydrogens is 326 g/mol.